The molecule has 0 aromatic heterocycles. The highest BCUT2D eigenvalue weighted by Crippen LogP contribution is 2.69. The van der Waals surface area contributed by atoms with Crippen molar-refractivity contribution in [1.82, 2.24) is 4.90 Å². The summed E-state index contributed by atoms with van der Waals surface area (Å²) in [5.74, 6) is -2.18. The van der Waals surface area contributed by atoms with Gasteiger partial charge >= 0.3 is 17.2 Å². The second-order valence-corrected chi connectivity index (χ2v) is 10.0. The van der Waals surface area contributed by atoms with Crippen LogP contribution in [0.25, 0.3) is 0 Å². The second-order valence-electron chi connectivity index (χ2n) is 7.92. The van der Waals surface area contributed by atoms with E-state index in [9.17, 15) is 14.4 Å². The molecular formula is C19H22N2O6S. The molecule has 0 saturated carbocycles. The van der Waals surface area contributed by atoms with Crippen molar-refractivity contribution in [2.75, 3.05) is 44.3 Å². The average molecular weight is 406 g/mol. The van der Waals surface area contributed by atoms with Gasteiger partial charge in [-0.1, -0.05) is 19.4 Å². The summed E-state index contributed by atoms with van der Waals surface area (Å²) in [5, 5.41) is -0.433. The van der Waals surface area contributed by atoms with Crippen LogP contribution in [0.4, 0.5) is 10.5 Å². The van der Waals surface area contributed by atoms with Gasteiger partial charge in [0.25, 0.3) is 0 Å². The summed E-state index contributed by atoms with van der Waals surface area (Å²) in [4.78, 5) is 41.2. The van der Waals surface area contributed by atoms with Crippen LogP contribution in [0, 0.1) is 5.41 Å². The molecule has 0 N–H and O–H groups in total. The van der Waals surface area contributed by atoms with E-state index in [4.69, 9.17) is 13.1 Å². The van der Waals surface area contributed by atoms with E-state index in [1.807, 2.05) is 18.2 Å². The molecule has 28 heavy (non-hydrogen) atoms. The highest BCUT2D eigenvalue weighted by molar-refractivity contribution is 8.39. The van der Waals surface area contributed by atoms with Gasteiger partial charge in [0.05, 0.1) is 18.9 Å². The van der Waals surface area contributed by atoms with Crippen LogP contribution in [-0.2, 0) is 29.1 Å². The first kappa shape index (κ1) is 18.0. The Morgan fingerprint density at radius 1 is 1.07 bits per heavy atom. The zero-order valence-corrected chi connectivity index (χ0v) is 16.5. The minimum atomic E-state index is -3.06. The monoisotopic (exact) mass is 406 g/mol. The molecule has 1 aromatic carbocycles. The molecule has 3 saturated heterocycles. The van der Waals surface area contributed by atoms with E-state index >= 15 is 0 Å². The lowest BCUT2D eigenvalue weighted by atomic mass is 9.78. The molecule has 1 aromatic rings. The SMILES string of the molecule is CCCc1ccc2c(c1)S1(OC(=O)C(=O)O1)C(=O)N2CCN1CC2(COC2)C1. The Kier molecular flexibility index (Phi) is 3.98. The van der Waals surface area contributed by atoms with Crippen LogP contribution in [-0.4, -0.2) is 61.5 Å². The quantitative estimate of drug-likeness (QED) is 0.692. The van der Waals surface area contributed by atoms with Crippen molar-refractivity contribution in [2.24, 2.45) is 5.41 Å². The smallest absolute Gasteiger partial charge is 0.380 e. The number of fused-ring (bicyclic) bond motifs is 2. The molecule has 0 atom stereocenters. The third kappa shape index (κ3) is 2.49. The highest BCUT2D eigenvalue weighted by atomic mass is 32.3. The third-order valence-electron chi connectivity index (χ3n) is 5.72. The summed E-state index contributed by atoms with van der Waals surface area (Å²) in [6.07, 6.45) is 1.77. The van der Waals surface area contributed by atoms with Crippen molar-refractivity contribution in [3.8, 4) is 0 Å². The topological polar surface area (TPSA) is 85.4 Å². The van der Waals surface area contributed by atoms with E-state index in [-0.39, 0.29) is 0 Å². The molecule has 8 nitrogen and oxygen atoms in total. The maximum Gasteiger partial charge on any atom is 0.442 e. The van der Waals surface area contributed by atoms with Crippen LogP contribution < -0.4 is 4.90 Å². The van der Waals surface area contributed by atoms with Crippen molar-refractivity contribution in [3.05, 3.63) is 23.8 Å². The first-order valence-electron chi connectivity index (χ1n) is 9.51. The van der Waals surface area contributed by atoms with Gasteiger partial charge in [-0.2, -0.15) is 0 Å². The standard InChI is InChI=1S/C19H22N2O6S/c1-2-3-13-4-5-14-15(8-13)28(26-16(22)17(23)27-28)18(24)21(14)7-6-20-9-19(10-20)11-25-12-19/h4-5,8H,2-3,6-7,9-12H2,1H3. The van der Waals surface area contributed by atoms with Crippen molar-refractivity contribution in [2.45, 2.75) is 24.7 Å². The van der Waals surface area contributed by atoms with Crippen LogP contribution in [0.15, 0.2) is 23.1 Å². The van der Waals surface area contributed by atoms with Crippen LogP contribution in [0.2, 0.25) is 0 Å². The molecule has 4 aliphatic heterocycles. The number of nitrogens with zero attached hydrogens (tertiary/aromatic N) is 2. The number of rotatable bonds is 5. The second kappa shape index (κ2) is 6.20. The molecule has 150 valence electrons. The summed E-state index contributed by atoms with van der Waals surface area (Å²) in [6, 6.07) is 5.70. The van der Waals surface area contributed by atoms with E-state index in [1.54, 1.807) is 4.90 Å². The number of likely N-dealkylation sites (tertiary alicyclic amines) is 1. The average Bonchev–Trinajstić information content (AvgIpc) is 3.01. The fourth-order valence-corrected chi connectivity index (χ4v) is 6.67. The minimum Gasteiger partial charge on any atom is -0.380 e. The number of amides is 1. The number of carbonyl (C=O) groups is 3. The molecule has 0 radical (unpaired) electrons. The Morgan fingerprint density at radius 3 is 2.39 bits per heavy atom. The van der Waals surface area contributed by atoms with Gasteiger partial charge in [0.2, 0.25) is 0 Å². The Morgan fingerprint density at radius 2 is 1.79 bits per heavy atom. The Labute approximate surface area is 164 Å². The number of benzene rings is 1. The van der Waals surface area contributed by atoms with E-state index in [0.717, 1.165) is 44.7 Å². The van der Waals surface area contributed by atoms with Gasteiger partial charge in [-0.25, -0.2) is 14.4 Å². The van der Waals surface area contributed by atoms with Crippen molar-refractivity contribution < 1.29 is 27.5 Å². The molecule has 4 heterocycles. The van der Waals surface area contributed by atoms with Gasteiger partial charge in [-0.3, -0.25) is 4.90 Å². The molecule has 0 bridgehead atoms. The van der Waals surface area contributed by atoms with E-state index < -0.39 is 27.8 Å². The predicted octanol–water partition coefficient (Wildman–Crippen LogP) is 2.00. The third-order valence-corrected chi connectivity index (χ3v) is 8.08. The van der Waals surface area contributed by atoms with Crippen LogP contribution in [0.5, 0.6) is 0 Å². The number of carbonyl (C=O) groups excluding carboxylic acids is 3. The fraction of sp³-hybridized carbons (Fsp3) is 0.526. The first-order valence-corrected chi connectivity index (χ1v) is 11.0. The van der Waals surface area contributed by atoms with Gasteiger partial charge < -0.3 is 18.0 Å². The number of hydrogen-bond acceptors (Lipinski definition) is 7. The van der Waals surface area contributed by atoms with E-state index in [0.29, 0.717) is 29.1 Å². The lowest BCUT2D eigenvalue weighted by molar-refractivity contribution is -0.187. The Bertz CT molecular complexity index is 859. The zero-order chi connectivity index (χ0) is 19.5. The summed E-state index contributed by atoms with van der Waals surface area (Å²) in [6.45, 7) is 6.80. The molecule has 5 rings (SSSR count). The maximum absolute atomic E-state index is 13.2. The normalized spacial score (nSPS) is 25.3. The Balaban J connectivity index is 1.40. The number of anilines is 1. The Hall–Kier alpha value is -2.10. The first-order chi connectivity index (χ1) is 13.5. The zero-order valence-electron chi connectivity index (χ0n) is 15.6. The van der Waals surface area contributed by atoms with Crippen molar-refractivity contribution >= 4 is 33.5 Å². The van der Waals surface area contributed by atoms with Gasteiger partial charge in [-0.05, 0) is 24.1 Å². The lowest BCUT2D eigenvalue weighted by Gasteiger charge is -2.55. The summed E-state index contributed by atoms with van der Waals surface area (Å²) < 4.78 is 15.9. The predicted molar refractivity (Wildman–Crippen MR) is 101 cm³/mol. The molecule has 2 spiro atoms. The largest absolute Gasteiger partial charge is 0.442 e. The summed E-state index contributed by atoms with van der Waals surface area (Å²) >= 11 is 0. The molecule has 9 heteroatoms. The number of aryl methyl sites for hydroxylation is 1. The number of ether oxygens (including phenoxy) is 1. The van der Waals surface area contributed by atoms with Gasteiger partial charge in [0.1, 0.15) is 4.90 Å². The van der Waals surface area contributed by atoms with Crippen LogP contribution >= 0.6 is 10.6 Å². The summed E-state index contributed by atoms with van der Waals surface area (Å²) in [5.41, 5.74) is 2.01. The summed E-state index contributed by atoms with van der Waals surface area (Å²) in [7, 11) is -3.06. The van der Waals surface area contributed by atoms with Gasteiger partial charge in [0, 0.05) is 42.2 Å². The maximum atomic E-state index is 13.2. The molecule has 0 aliphatic carbocycles. The highest BCUT2D eigenvalue weighted by Gasteiger charge is 2.57. The number of hydrogen-bond donors (Lipinski definition) is 0. The van der Waals surface area contributed by atoms with Crippen LogP contribution in [0.3, 0.4) is 0 Å². The molecular weight excluding hydrogens is 384 g/mol. The van der Waals surface area contributed by atoms with Crippen molar-refractivity contribution in [3.63, 3.8) is 0 Å². The molecule has 3 fully saturated rings. The van der Waals surface area contributed by atoms with Gasteiger partial charge in [0.15, 0.2) is 0 Å². The fourth-order valence-electron chi connectivity index (χ4n) is 4.32. The minimum absolute atomic E-state index is 0.310. The lowest BCUT2D eigenvalue weighted by Crippen LogP contribution is -2.66. The van der Waals surface area contributed by atoms with E-state index in [1.165, 1.54) is 0 Å². The molecule has 1 amide bonds. The molecule has 4 aliphatic rings. The van der Waals surface area contributed by atoms with E-state index in [2.05, 4.69) is 11.8 Å². The van der Waals surface area contributed by atoms with Gasteiger partial charge in [-0.15, -0.1) is 0 Å². The van der Waals surface area contributed by atoms with Crippen molar-refractivity contribution in [1.29, 1.82) is 0 Å². The van der Waals surface area contributed by atoms with Crippen LogP contribution in [0.1, 0.15) is 18.9 Å². The molecule has 0 unspecified atom stereocenters.